The lowest BCUT2D eigenvalue weighted by atomic mass is 10.1. The summed E-state index contributed by atoms with van der Waals surface area (Å²) in [5.74, 6) is 0.823. The molecule has 0 bridgehead atoms. The van der Waals surface area contributed by atoms with Crippen molar-refractivity contribution in [2.75, 3.05) is 20.3 Å². The monoisotopic (exact) mass is 336 g/mol. The summed E-state index contributed by atoms with van der Waals surface area (Å²) in [5, 5.41) is 12.5. The Morgan fingerprint density at radius 2 is 2.00 bits per heavy atom. The van der Waals surface area contributed by atoms with E-state index in [4.69, 9.17) is 9.47 Å². The molecule has 1 saturated heterocycles. The standard InChI is InChI=1S/C18H28N2O4/c1-18(2,3)24-17(22)19-14-9-15(12-21)20(11-14)10-13-5-7-16(23-4)8-6-13/h5-8,14-15,21H,9-12H2,1-4H3,(H,19,22)/t14-,15+/m1/s1. The number of amides is 1. The maximum Gasteiger partial charge on any atom is 0.407 e. The zero-order valence-corrected chi connectivity index (χ0v) is 14.9. The van der Waals surface area contributed by atoms with Crippen molar-refractivity contribution in [3.05, 3.63) is 29.8 Å². The second-order valence-corrected chi connectivity index (χ2v) is 7.19. The predicted octanol–water partition coefficient (Wildman–Crippen LogP) is 2.16. The second kappa shape index (κ2) is 7.85. The number of benzene rings is 1. The average molecular weight is 336 g/mol. The number of nitrogens with zero attached hydrogens (tertiary/aromatic N) is 1. The van der Waals surface area contributed by atoms with Gasteiger partial charge in [-0.25, -0.2) is 4.79 Å². The molecule has 2 N–H and O–H groups in total. The first kappa shape index (κ1) is 18.5. The Morgan fingerprint density at radius 3 is 2.54 bits per heavy atom. The number of nitrogens with one attached hydrogen (secondary N) is 1. The highest BCUT2D eigenvalue weighted by Crippen LogP contribution is 2.22. The third kappa shape index (κ3) is 5.39. The molecule has 0 spiro atoms. The Balaban J connectivity index is 1.92. The molecular formula is C18H28N2O4. The van der Waals surface area contributed by atoms with Crippen LogP contribution in [-0.2, 0) is 11.3 Å². The zero-order chi connectivity index (χ0) is 17.7. The molecule has 6 nitrogen and oxygen atoms in total. The van der Waals surface area contributed by atoms with Crippen LogP contribution in [0.5, 0.6) is 5.75 Å². The highest BCUT2D eigenvalue weighted by atomic mass is 16.6. The minimum Gasteiger partial charge on any atom is -0.497 e. The van der Waals surface area contributed by atoms with Crippen LogP contribution in [0, 0.1) is 0 Å². The van der Waals surface area contributed by atoms with Crippen molar-refractivity contribution in [3.63, 3.8) is 0 Å². The number of carbonyl (C=O) groups is 1. The lowest BCUT2D eigenvalue weighted by Gasteiger charge is -2.23. The molecule has 2 atom stereocenters. The molecule has 24 heavy (non-hydrogen) atoms. The van der Waals surface area contributed by atoms with Gasteiger partial charge in [0.1, 0.15) is 11.4 Å². The molecule has 0 radical (unpaired) electrons. The van der Waals surface area contributed by atoms with E-state index in [1.807, 2.05) is 45.0 Å². The van der Waals surface area contributed by atoms with Crippen LogP contribution in [0.1, 0.15) is 32.8 Å². The number of hydrogen-bond donors (Lipinski definition) is 2. The first-order valence-electron chi connectivity index (χ1n) is 8.28. The molecule has 0 aromatic heterocycles. The van der Waals surface area contributed by atoms with Gasteiger partial charge in [0.15, 0.2) is 0 Å². The maximum absolute atomic E-state index is 11.9. The van der Waals surface area contributed by atoms with E-state index in [0.29, 0.717) is 13.0 Å². The first-order valence-corrected chi connectivity index (χ1v) is 8.28. The van der Waals surface area contributed by atoms with E-state index in [9.17, 15) is 9.90 Å². The van der Waals surface area contributed by atoms with Crippen molar-refractivity contribution in [2.45, 2.75) is 51.4 Å². The molecule has 0 saturated carbocycles. The van der Waals surface area contributed by atoms with Gasteiger partial charge in [0.25, 0.3) is 0 Å². The summed E-state index contributed by atoms with van der Waals surface area (Å²) in [6, 6.07) is 7.90. The molecule has 0 aliphatic carbocycles. The molecule has 6 heteroatoms. The van der Waals surface area contributed by atoms with Gasteiger partial charge < -0.3 is 19.9 Å². The summed E-state index contributed by atoms with van der Waals surface area (Å²) >= 11 is 0. The Kier molecular flexibility index (Phi) is 6.07. The van der Waals surface area contributed by atoms with Gasteiger partial charge in [-0.15, -0.1) is 0 Å². The van der Waals surface area contributed by atoms with Crippen LogP contribution in [0.4, 0.5) is 4.79 Å². The van der Waals surface area contributed by atoms with Crippen LogP contribution in [-0.4, -0.2) is 54.0 Å². The quantitative estimate of drug-likeness (QED) is 0.862. The maximum atomic E-state index is 11.9. The van der Waals surface area contributed by atoms with E-state index >= 15 is 0 Å². The lowest BCUT2D eigenvalue weighted by molar-refractivity contribution is 0.0505. The van der Waals surface area contributed by atoms with Crippen molar-refractivity contribution in [3.8, 4) is 5.75 Å². The molecule has 134 valence electrons. The minimum absolute atomic E-state index is 0.0183. The first-order chi connectivity index (χ1) is 11.3. The smallest absolute Gasteiger partial charge is 0.407 e. The van der Waals surface area contributed by atoms with Crippen LogP contribution in [0.3, 0.4) is 0 Å². The zero-order valence-electron chi connectivity index (χ0n) is 14.9. The van der Waals surface area contributed by atoms with Gasteiger partial charge in [-0.3, -0.25) is 4.90 Å². The number of carbonyl (C=O) groups excluding carboxylic acids is 1. The number of rotatable bonds is 5. The summed E-state index contributed by atoms with van der Waals surface area (Å²) in [7, 11) is 1.64. The van der Waals surface area contributed by atoms with Crippen LogP contribution in [0.25, 0.3) is 0 Å². The number of likely N-dealkylation sites (tertiary alicyclic amines) is 1. The Hall–Kier alpha value is -1.79. The van der Waals surface area contributed by atoms with Gasteiger partial charge in [-0.2, -0.15) is 0 Å². The SMILES string of the molecule is COc1ccc(CN2C[C@H](NC(=O)OC(C)(C)C)C[C@H]2CO)cc1. The summed E-state index contributed by atoms with van der Waals surface area (Å²) in [4.78, 5) is 14.1. The van der Waals surface area contributed by atoms with E-state index in [2.05, 4.69) is 10.2 Å². The topological polar surface area (TPSA) is 71.0 Å². The normalized spacial score (nSPS) is 21.5. The van der Waals surface area contributed by atoms with Crippen molar-refractivity contribution in [1.82, 2.24) is 10.2 Å². The van der Waals surface area contributed by atoms with Crippen molar-refractivity contribution in [1.29, 1.82) is 0 Å². The van der Waals surface area contributed by atoms with E-state index in [-0.39, 0.29) is 18.7 Å². The van der Waals surface area contributed by atoms with E-state index in [0.717, 1.165) is 17.9 Å². The van der Waals surface area contributed by atoms with Gasteiger partial charge in [-0.05, 0) is 44.9 Å². The van der Waals surface area contributed by atoms with Crippen LogP contribution in [0.2, 0.25) is 0 Å². The van der Waals surface area contributed by atoms with Crippen LogP contribution in [0.15, 0.2) is 24.3 Å². The fourth-order valence-corrected chi connectivity index (χ4v) is 2.91. The van der Waals surface area contributed by atoms with Crippen molar-refractivity contribution >= 4 is 6.09 Å². The minimum atomic E-state index is -0.512. The number of aliphatic hydroxyl groups is 1. The van der Waals surface area contributed by atoms with Gasteiger partial charge in [-0.1, -0.05) is 12.1 Å². The van der Waals surface area contributed by atoms with Crippen LogP contribution < -0.4 is 10.1 Å². The molecule has 1 amide bonds. The van der Waals surface area contributed by atoms with Gasteiger partial charge >= 0.3 is 6.09 Å². The number of alkyl carbamates (subject to hydrolysis) is 1. The third-order valence-corrected chi connectivity index (χ3v) is 4.00. The molecular weight excluding hydrogens is 308 g/mol. The van der Waals surface area contributed by atoms with Crippen molar-refractivity contribution in [2.24, 2.45) is 0 Å². The fraction of sp³-hybridized carbons (Fsp3) is 0.611. The largest absolute Gasteiger partial charge is 0.497 e. The number of aliphatic hydroxyl groups excluding tert-OH is 1. The molecule has 2 rings (SSSR count). The van der Waals surface area contributed by atoms with E-state index < -0.39 is 11.7 Å². The highest BCUT2D eigenvalue weighted by molar-refractivity contribution is 5.68. The molecule has 1 aromatic rings. The number of hydrogen-bond acceptors (Lipinski definition) is 5. The molecule has 1 aromatic carbocycles. The van der Waals surface area contributed by atoms with Crippen molar-refractivity contribution < 1.29 is 19.4 Å². The highest BCUT2D eigenvalue weighted by Gasteiger charge is 2.33. The molecule has 1 fully saturated rings. The summed E-state index contributed by atoms with van der Waals surface area (Å²) in [6.45, 7) is 7.01. The van der Waals surface area contributed by atoms with Gasteiger partial charge in [0.2, 0.25) is 0 Å². The molecule has 1 aliphatic heterocycles. The molecule has 1 aliphatic rings. The van der Waals surface area contributed by atoms with E-state index in [1.165, 1.54) is 0 Å². The summed E-state index contributed by atoms with van der Waals surface area (Å²) in [5.41, 5.74) is 0.633. The summed E-state index contributed by atoms with van der Waals surface area (Å²) in [6.07, 6.45) is 0.307. The lowest BCUT2D eigenvalue weighted by Crippen LogP contribution is -2.40. The number of ether oxygens (including phenoxy) is 2. The molecule has 0 unspecified atom stereocenters. The average Bonchev–Trinajstić information content (AvgIpc) is 2.87. The van der Waals surface area contributed by atoms with Gasteiger partial charge in [0.05, 0.1) is 13.7 Å². The molecule has 1 heterocycles. The fourth-order valence-electron chi connectivity index (χ4n) is 2.91. The van der Waals surface area contributed by atoms with E-state index in [1.54, 1.807) is 7.11 Å². The number of methoxy groups -OCH3 is 1. The van der Waals surface area contributed by atoms with Crippen LogP contribution >= 0.6 is 0 Å². The second-order valence-electron chi connectivity index (χ2n) is 7.19. The Morgan fingerprint density at radius 1 is 1.33 bits per heavy atom. The Labute approximate surface area is 143 Å². The Bertz CT molecular complexity index is 539. The summed E-state index contributed by atoms with van der Waals surface area (Å²) < 4.78 is 10.5. The van der Waals surface area contributed by atoms with Gasteiger partial charge in [0, 0.05) is 25.2 Å². The third-order valence-electron chi connectivity index (χ3n) is 4.00. The predicted molar refractivity (Wildman–Crippen MR) is 92.1 cm³/mol.